The van der Waals surface area contributed by atoms with Gasteiger partial charge in [-0.3, -0.25) is 0 Å². The molecule has 1 heterocycles. The van der Waals surface area contributed by atoms with Crippen molar-refractivity contribution in [2.75, 3.05) is 6.26 Å². The Balaban J connectivity index is 2.20. The molecule has 1 aromatic rings. The van der Waals surface area contributed by atoms with Gasteiger partial charge in [-0.05, 0) is 19.1 Å². The molecule has 0 aliphatic heterocycles. The van der Waals surface area contributed by atoms with E-state index in [4.69, 9.17) is 5.73 Å². The standard InChI is InChI=1S/C9H14N2S2/c1-12-5-8-11-9(6-2-3-6)7(4-10)13-8/h6H,2-5,10H2,1H3. The number of thioether (sulfide) groups is 1. The largest absolute Gasteiger partial charge is 0.326 e. The Morgan fingerprint density at radius 3 is 2.92 bits per heavy atom. The van der Waals surface area contributed by atoms with Gasteiger partial charge in [0.2, 0.25) is 0 Å². The summed E-state index contributed by atoms with van der Waals surface area (Å²) in [6.45, 7) is 0.665. The van der Waals surface area contributed by atoms with Crippen LogP contribution < -0.4 is 5.73 Å². The van der Waals surface area contributed by atoms with Crippen LogP contribution in [0.15, 0.2) is 0 Å². The number of rotatable bonds is 4. The molecule has 0 unspecified atom stereocenters. The van der Waals surface area contributed by atoms with Crippen LogP contribution in [0.5, 0.6) is 0 Å². The zero-order valence-electron chi connectivity index (χ0n) is 7.75. The van der Waals surface area contributed by atoms with Crippen LogP contribution in [0.4, 0.5) is 0 Å². The van der Waals surface area contributed by atoms with Gasteiger partial charge >= 0.3 is 0 Å². The third kappa shape index (κ3) is 2.06. The zero-order chi connectivity index (χ0) is 9.26. The minimum absolute atomic E-state index is 0.665. The van der Waals surface area contributed by atoms with Crippen LogP contribution in [0.2, 0.25) is 0 Å². The van der Waals surface area contributed by atoms with Gasteiger partial charge in [0.1, 0.15) is 5.01 Å². The van der Waals surface area contributed by atoms with Crippen molar-refractivity contribution < 1.29 is 0 Å². The van der Waals surface area contributed by atoms with E-state index in [1.807, 2.05) is 11.8 Å². The van der Waals surface area contributed by atoms with Crippen LogP contribution in [-0.4, -0.2) is 11.2 Å². The highest BCUT2D eigenvalue weighted by atomic mass is 32.2. The minimum Gasteiger partial charge on any atom is -0.326 e. The Labute approximate surface area is 86.9 Å². The van der Waals surface area contributed by atoms with E-state index in [-0.39, 0.29) is 0 Å². The minimum atomic E-state index is 0.665. The summed E-state index contributed by atoms with van der Waals surface area (Å²) in [4.78, 5) is 5.96. The first kappa shape index (κ1) is 9.49. The predicted octanol–water partition coefficient (Wildman–Crippen LogP) is 2.34. The summed E-state index contributed by atoms with van der Waals surface area (Å²) in [5, 5.41) is 1.25. The van der Waals surface area contributed by atoms with Crippen molar-refractivity contribution in [2.24, 2.45) is 5.73 Å². The molecule has 0 atom stereocenters. The van der Waals surface area contributed by atoms with E-state index < -0.39 is 0 Å². The van der Waals surface area contributed by atoms with E-state index in [1.165, 1.54) is 28.4 Å². The number of thiazole rings is 1. The van der Waals surface area contributed by atoms with Crippen LogP contribution in [-0.2, 0) is 12.3 Å². The molecule has 2 N–H and O–H groups in total. The third-order valence-electron chi connectivity index (χ3n) is 2.19. The Kier molecular flexibility index (Phi) is 2.91. The van der Waals surface area contributed by atoms with Gasteiger partial charge in [-0.2, -0.15) is 11.8 Å². The first-order chi connectivity index (χ1) is 6.35. The second kappa shape index (κ2) is 3.98. The molecule has 0 amide bonds. The summed E-state index contributed by atoms with van der Waals surface area (Å²) in [5.41, 5.74) is 6.99. The maximum Gasteiger partial charge on any atom is 0.103 e. The van der Waals surface area contributed by atoms with Crippen molar-refractivity contribution in [1.29, 1.82) is 0 Å². The molecule has 0 bridgehead atoms. The van der Waals surface area contributed by atoms with Gasteiger partial charge in [0.15, 0.2) is 0 Å². The van der Waals surface area contributed by atoms with Crippen molar-refractivity contribution in [3.8, 4) is 0 Å². The van der Waals surface area contributed by atoms with E-state index >= 15 is 0 Å². The van der Waals surface area contributed by atoms with Gasteiger partial charge in [-0.1, -0.05) is 0 Å². The van der Waals surface area contributed by atoms with Gasteiger partial charge in [-0.15, -0.1) is 11.3 Å². The van der Waals surface area contributed by atoms with Crippen LogP contribution in [0.3, 0.4) is 0 Å². The Morgan fingerprint density at radius 2 is 2.38 bits per heavy atom. The van der Waals surface area contributed by atoms with E-state index in [0.29, 0.717) is 6.54 Å². The SMILES string of the molecule is CSCc1nc(C2CC2)c(CN)s1. The summed E-state index contributed by atoms with van der Waals surface area (Å²) in [6.07, 6.45) is 4.74. The lowest BCUT2D eigenvalue weighted by molar-refractivity contribution is 0.968. The Morgan fingerprint density at radius 1 is 1.62 bits per heavy atom. The average Bonchev–Trinajstić information content (AvgIpc) is 2.89. The van der Waals surface area contributed by atoms with Crippen LogP contribution in [0.1, 0.15) is 34.3 Å². The quantitative estimate of drug-likeness (QED) is 0.836. The summed E-state index contributed by atoms with van der Waals surface area (Å²) < 4.78 is 0. The highest BCUT2D eigenvalue weighted by molar-refractivity contribution is 7.97. The molecule has 1 fully saturated rings. The fraction of sp³-hybridized carbons (Fsp3) is 0.667. The summed E-state index contributed by atoms with van der Waals surface area (Å²) in [6, 6.07) is 0. The van der Waals surface area contributed by atoms with E-state index in [0.717, 1.165) is 11.7 Å². The first-order valence-electron chi connectivity index (χ1n) is 4.52. The van der Waals surface area contributed by atoms with Gasteiger partial charge in [0.25, 0.3) is 0 Å². The second-order valence-electron chi connectivity index (χ2n) is 3.33. The molecule has 1 aliphatic rings. The van der Waals surface area contributed by atoms with Crippen molar-refractivity contribution in [3.63, 3.8) is 0 Å². The fourth-order valence-electron chi connectivity index (χ4n) is 1.42. The Hall–Kier alpha value is -0.0600. The van der Waals surface area contributed by atoms with E-state index in [1.54, 1.807) is 11.3 Å². The highest BCUT2D eigenvalue weighted by Gasteiger charge is 2.28. The van der Waals surface area contributed by atoms with E-state index in [2.05, 4.69) is 11.2 Å². The molecule has 0 saturated heterocycles. The Bertz CT molecular complexity index is 292. The molecule has 72 valence electrons. The molecule has 0 spiro atoms. The second-order valence-corrected chi connectivity index (χ2v) is 5.36. The number of hydrogen-bond donors (Lipinski definition) is 1. The fourth-order valence-corrected chi connectivity index (χ4v) is 3.15. The summed E-state index contributed by atoms with van der Waals surface area (Å²) >= 11 is 3.62. The number of hydrogen-bond acceptors (Lipinski definition) is 4. The molecular weight excluding hydrogens is 200 g/mol. The molecule has 2 rings (SSSR count). The van der Waals surface area contributed by atoms with Crippen molar-refractivity contribution in [1.82, 2.24) is 4.98 Å². The topological polar surface area (TPSA) is 38.9 Å². The molecule has 1 saturated carbocycles. The molecule has 4 heteroatoms. The van der Waals surface area contributed by atoms with Crippen LogP contribution in [0.25, 0.3) is 0 Å². The average molecular weight is 214 g/mol. The van der Waals surface area contributed by atoms with E-state index in [9.17, 15) is 0 Å². The van der Waals surface area contributed by atoms with Gasteiger partial charge in [0, 0.05) is 23.1 Å². The van der Waals surface area contributed by atoms with Crippen molar-refractivity contribution in [3.05, 3.63) is 15.6 Å². The zero-order valence-corrected chi connectivity index (χ0v) is 9.38. The smallest absolute Gasteiger partial charge is 0.103 e. The molecule has 0 aromatic carbocycles. The lowest BCUT2D eigenvalue weighted by Gasteiger charge is -1.93. The number of nitrogens with two attached hydrogens (primary N) is 1. The maximum absolute atomic E-state index is 5.69. The highest BCUT2D eigenvalue weighted by Crippen LogP contribution is 2.42. The molecule has 1 aliphatic carbocycles. The van der Waals surface area contributed by atoms with Gasteiger partial charge < -0.3 is 5.73 Å². The third-order valence-corrected chi connectivity index (χ3v) is 4.03. The lowest BCUT2D eigenvalue weighted by Crippen LogP contribution is -1.96. The number of aromatic nitrogens is 1. The molecule has 2 nitrogen and oxygen atoms in total. The van der Waals surface area contributed by atoms with Crippen LogP contribution >= 0.6 is 23.1 Å². The monoisotopic (exact) mass is 214 g/mol. The molecule has 1 aromatic heterocycles. The van der Waals surface area contributed by atoms with Gasteiger partial charge in [-0.25, -0.2) is 4.98 Å². The maximum atomic E-state index is 5.69. The molecule has 13 heavy (non-hydrogen) atoms. The molecule has 0 radical (unpaired) electrons. The normalized spacial score (nSPS) is 16.5. The molecular formula is C9H14N2S2. The lowest BCUT2D eigenvalue weighted by atomic mass is 10.2. The first-order valence-corrected chi connectivity index (χ1v) is 6.73. The summed E-state index contributed by atoms with van der Waals surface area (Å²) in [5.74, 6) is 1.77. The van der Waals surface area contributed by atoms with Crippen LogP contribution in [0, 0.1) is 0 Å². The predicted molar refractivity (Wildman–Crippen MR) is 59.2 cm³/mol. The van der Waals surface area contributed by atoms with Crippen molar-refractivity contribution >= 4 is 23.1 Å². The van der Waals surface area contributed by atoms with Gasteiger partial charge in [0.05, 0.1) is 5.69 Å². The number of nitrogens with zero attached hydrogens (tertiary/aromatic N) is 1. The van der Waals surface area contributed by atoms with Crippen molar-refractivity contribution in [2.45, 2.75) is 31.1 Å². The summed E-state index contributed by atoms with van der Waals surface area (Å²) in [7, 11) is 0.